The van der Waals surface area contributed by atoms with Gasteiger partial charge in [-0.2, -0.15) is 0 Å². The molecule has 1 heterocycles. The van der Waals surface area contributed by atoms with E-state index in [0.29, 0.717) is 18.7 Å². The third-order valence-electron chi connectivity index (χ3n) is 5.82. The maximum atomic E-state index is 13.4. The molecule has 1 saturated heterocycles. The summed E-state index contributed by atoms with van der Waals surface area (Å²) in [5, 5.41) is 20.5. The van der Waals surface area contributed by atoms with E-state index in [9.17, 15) is 14.3 Å². The Morgan fingerprint density at radius 3 is 2.66 bits per heavy atom. The summed E-state index contributed by atoms with van der Waals surface area (Å²) in [6, 6.07) is 18.1. The molecule has 2 N–H and O–H groups in total. The zero-order valence-electron chi connectivity index (χ0n) is 17.6. The highest BCUT2D eigenvalue weighted by Gasteiger charge is 2.33. The van der Waals surface area contributed by atoms with E-state index in [1.165, 1.54) is 17.0 Å². The fourth-order valence-electron chi connectivity index (χ4n) is 4.25. The fourth-order valence-corrected chi connectivity index (χ4v) is 4.25. The highest BCUT2D eigenvalue weighted by molar-refractivity contribution is 5.89. The molecule has 0 radical (unpaired) electrons. The first-order chi connectivity index (χ1) is 15.5. The number of carbonyl (C=O) groups is 1. The molecule has 1 aliphatic heterocycles. The second kappa shape index (κ2) is 9.97. The number of hydrogen-bond acceptors (Lipinski definition) is 4. The van der Waals surface area contributed by atoms with E-state index in [-0.39, 0.29) is 44.2 Å². The fraction of sp³-hybridized carbons (Fsp3) is 0.320. The van der Waals surface area contributed by atoms with Gasteiger partial charge in [0.1, 0.15) is 18.2 Å². The molecular weight excluding hydrogens is 413 g/mol. The van der Waals surface area contributed by atoms with Crippen LogP contribution in [0.2, 0.25) is 0 Å². The van der Waals surface area contributed by atoms with E-state index in [2.05, 4.69) is 0 Å². The maximum Gasteiger partial charge on any atom is 0.407 e. The first-order valence-corrected chi connectivity index (χ1v) is 10.7. The topological polar surface area (TPSA) is 79.2 Å². The van der Waals surface area contributed by atoms with Crippen LogP contribution in [0.4, 0.5) is 9.18 Å². The number of ether oxygens (including phenoxy) is 2. The molecule has 1 fully saturated rings. The van der Waals surface area contributed by atoms with Gasteiger partial charge in [0, 0.05) is 17.8 Å². The lowest BCUT2D eigenvalue weighted by Crippen LogP contribution is -2.46. The van der Waals surface area contributed by atoms with Gasteiger partial charge in [-0.05, 0) is 47.2 Å². The Morgan fingerprint density at radius 2 is 1.91 bits per heavy atom. The number of aliphatic hydroxyl groups excluding tert-OH is 1. The Labute approximate surface area is 185 Å². The predicted octanol–water partition coefficient (Wildman–Crippen LogP) is 4.40. The van der Waals surface area contributed by atoms with Crippen LogP contribution in [0.25, 0.3) is 10.8 Å². The summed E-state index contributed by atoms with van der Waals surface area (Å²) in [6.45, 7) is 1.04. The first-order valence-electron chi connectivity index (χ1n) is 10.7. The molecule has 1 aliphatic rings. The van der Waals surface area contributed by atoms with Crippen LogP contribution < -0.4 is 4.74 Å². The normalized spacial score (nSPS) is 18.6. The van der Waals surface area contributed by atoms with Crippen molar-refractivity contribution < 1.29 is 28.9 Å². The zero-order chi connectivity index (χ0) is 22.5. The van der Waals surface area contributed by atoms with Gasteiger partial charge >= 0.3 is 6.09 Å². The minimum Gasteiger partial charge on any atom is -0.491 e. The van der Waals surface area contributed by atoms with Crippen LogP contribution in [-0.2, 0) is 11.3 Å². The SMILES string of the molecule is O=C(O)N1CCC(c2ccc(F)cc2)C(OCc2cc(OCCO)c3ccccc3c2)C1. The van der Waals surface area contributed by atoms with Crippen LogP contribution >= 0.6 is 0 Å². The average Bonchev–Trinajstić information content (AvgIpc) is 2.81. The molecule has 2 unspecified atom stereocenters. The molecule has 2 atom stereocenters. The van der Waals surface area contributed by atoms with Crippen molar-refractivity contribution in [1.29, 1.82) is 0 Å². The Morgan fingerprint density at radius 1 is 1.12 bits per heavy atom. The number of halogens is 1. The van der Waals surface area contributed by atoms with Crippen LogP contribution in [0, 0.1) is 5.82 Å². The number of piperidine rings is 1. The monoisotopic (exact) mass is 439 g/mol. The lowest BCUT2D eigenvalue weighted by molar-refractivity contribution is -0.0199. The highest BCUT2D eigenvalue weighted by atomic mass is 19.1. The van der Waals surface area contributed by atoms with E-state index in [1.54, 1.807) is 12.1 Å². The summed E-state index contributed by atoms with van der Waals surface area (Å²) >= 11 is 0. The van der Waals surface area contributed by atoms with Crippen molar-refractivity contribution in [2.24, 2.45) is 0 Å². The number of carboxylic acid groups (broad SMARTS) is 1. The van der Waals surface area contributed by atoms with E-state index in [4.69, 9.17) is 14.6 Å². The van der Waals surface area contributed by atoms with Crippen LogP contribution in [-0.4, -0.2) is 53.6 Å². The molecule has 0 saturated carbocycles. The Hall–Kier alpha value is -3.16. The molecule has 168 valence electrons. The summed E-state index contributed by atoms with van der Waals surface area (Å²) in [5.41, 5.74) is 1.83. The standard InChI is InChI=1S/C25H26FNO5/c26-20-7-5-18(6-8-20)22-9-10-27(25(29)30)15-24(22)32-16-17-13-19-3-1-2-4-21(19)23(14-17)31-12-11-28/h1-8,13-14,22,24,28H,9-12,15-16H2,(H,29,30). The van der Waals surface area contributed by atoms with Gasteiger partial charge in [0.05, 0.1) is 25.9 Å². The van der Waals surface area contributed by atoms with Gasteiger partial charge in [-0.25, -0.2) is 9.18 Å². The third-order valence-corrected chi connectivity index (χ3v) is 5.82. The van der Waals surface area contributed by atoms with Crippen molar-refractivity contribution in [3.05, 3.63) is 77.6 Å². The van der Waals surface area contributed by atoms with Crippen LogP contribution in [0.1, 0.15) is 23.5 Å². The van der Waals surface area contributed by atoms with Crippen molar-refractivity contribution in [1.82, 2.24) is 4.90 Å². The van der Waals surface area contributed by atoms with E-state index < -0.39 is 6.09 Å². The number of benzene rings is 3. The number of fused-ring (bicyclic) bond motifs is 1. The molecule has 7 heteroatoms. The Kier molecular flexibility index (Phi) is 6.87. The van der Waals surface area contributed by atoms with Gasteiger partial charge in [-0.3, -0.25) is 0 Å². The van der Waals surface area contributed by atoms with Crippen LogP contribution in [0.3, 0.4) is 0 Å². The second-order valence-corrected chi connectivity index (χ2v) is 7.91. The lowest BCUT2D eigenvalue weighted by atomic mass is 9.87. The van der Waals surface area contributed by atoms with Gasteiger partial charge < -0.3 is 24.6 Å². The van der Waals surface area contributed by atoms with Gasteiger partial charge in [0.2, 0.25) is 0 Å². The Bertz CT molecular complexity index is 1070. The summed E-state index contributed by atoms with van der Waals surface area (Å²) in [4.78, 5) is 12.9. The molecule has 1 amide bonds. The van der Waals surface area contributed by atoms with E-state index in [1.807, 2.05) is 36.4 Å². The molecule has 0 aliphatic carbocycles. The number of nitrogens with zero attached hydrogens (tertiary/aromatic N) is 1. The smallest absolute Gasteiger partial charge is 0.407 e. The number of hydrogen-bond donors (Lipinski definition) is 2. The largest absolute Gasteiger partial charge is 0.491 e. The molecule has 0 aromatic heterocycles. The highest BCUT2D eigenvalue weighted by Crippen LogP contribution is 2.33. The molecule has 0 spiro atoms. The zero-order valence-corrected chi connectivity index (χ0v) is 17.6. The van der Waals surface area contributed by atoms with Crippen molar-refractivity contribution in [2.45, 2.75) is 25.0 Å². The Balaban J connectivity index is 1.56. The third kappa shape index (κ3) is 5.00. The molecule has 3 aromatic rings. The van der Waals surface area contributed by atoms with E-state index in [0.717, 1.165) is 21.9 Å². The second-order valence-electron chi connectivity index (χ2n) is 7.91. The molecule has 6 nitrogen and oxygen atoms in total. The summed E-state index contributed by atoms with van der Waals surface area (Å²) in [7, 11) is 0. The van der Waals surface area contributed by atoms with Crippen molar-refractivity contribution in [2.75, 3.05) is 26.3 Å². The van der Waals surface area contributed by atoms with Crippen LogP contribution in [0.15, 0.2) is 60.7 Å². The van der Waals surface area contributed by atoms with Crippen molar-refractivity contribution in [3.8, 4) is 5.75 Å². The molecule has 4 rings (SSSR count). The quantitative estimate of drug-likeness (QED) is 0.570. The number of likely N-dealkylation sites (tertiary alicyclic amines) is 1. The molecule has 32 heavy (non-hydrogen) atoms. The summed E-state index contributed by atoms with van der Waals surface area (Å²) < 4.78 is 25.4. The van der Waals surface area contributed by atoms with E-state index >= 15 is 0 Å². The van der Waals surface area contributed by atoms with Crippen molar-refractivity contribution >= 4 is 16.9 Å². The lowest BCUT2D eigenvalue weighted by Gasteiger charge is -2.37. The van der Waals surface area contributed by atoms with Gasteiger partial charge in [0.15, 0.2) is 0 Å². The molecular formula is C25H26FNO5. The first kappa shape index (κ1) is 22.0. The number of rotatable bonds is 7. The van der Waals surface area contributed by atoms with Gasteiger partial charge in [-0.15, -0.1) is 0 Å². The minimum atomic E-state index is -0.971. The summed E-state index contributed by atoms with van der Waals surface area (Å²) in [6.07, 6.45) is -0.731. The number of amides is 1. The van der Waals surface area contributed by atoms with Crippen molar-refractivity contribution in [3.63, 3.8) is 0 Å². The average molecular weight is 439 g/mol. The van der Waals surface area contributed by atoms with Gasteiger partial charge in [0.25, 0.3) is 0 Å². The minimum absolute atomic E-state index is 0.0308. The van der Waals surface area contributed by atoms with Gasteiger partial charge in [-0.1, -0.05) is 36.4 Å². The molecule has 0 bridgehead atoms. The predicted molar refractivity (Wildman–Crippen MR) is 118 cm³/mol. The maximum absolute atomic E-state index is 13.4. The summed E-state index contributed by atoms with van der Waals surface area (Å²) in [5.74, 6) is 0.333. The molecule has 3 aromatic carbocycles. The number of aliphatic hydroxyl groups is 1. The van der Waals surface area contributed by atoms with Crippen LogP contribution in [0.5, 0.6) is 5.75 Å².